The molecule has 0 radical (unpaired) electrons. The number of anilines is 1. The Hall–Kier alpha value is -2.56. The summed E-state index contributed by atoms with van der Waals surface area (Å²) in [6.07, 6.45) is 0. The zero-order valence-corrected chi connectivity index (χ0v) is 10.6. The minimum absolute atomic E-state index is 0.0384. The van der Waals surface area contributed by atoms with Gasteiger partial charge in [0.15, 0.2) is 0 Å². The van der Waals surface area contributed by atoms with Gasteiger partial charge in [0.2, 0.25) is 0 Å². The highest BCUT2D eigenvalue weighted by molar-refractivity contribution is 5.95. The fraction of sp³-hybridized carbons (Fsp3) is 0.133. The molecule has 4 nitrogen and oxygen atoms in total. The third-order valence-electron chi connectivity index (χ3n) is 3.42. The van der Waals surface area contributed by atoms with Gasteiger partial charge in [0, 0.05) is 24.8 Å². The summed E-state index contributed by atoms with van der Waals surface area (Å²) in [4.78, 5) is 13.9. The van der Waals surface area contributed by atoms with Crippen LogP contribution in [0, 0.1) is 5.82 Å². The Bertz CT molecular complexity index is 700. The van der Waals surface area contributed by atoms with Gasteiger partial charge in [-0.25, -0.2) is 4.39 Å². The van der Waals surface area contributed by atoms with Crippen molar-refractivity contribution in [3.8, 4) is 5.75 Å². The van der Waals surface area contributed by atoms with Crippen molar-refractivity contribution in [2.75, 3.05) is 5.73 Å². The number of phenolic OH excluding ortho intramolecular Hbond substituents is 1. The molecule has 0 atom stereocenters. The van der Waals surface area contributed by atoms with E-state index in [1.165, 1.54) is 12.1 Å². The van der Waals surface area contributed by atoms with Gasteiger partial charge in [0.05, 0.1) is 5.56 Å². The molecule has 5 heteroatoms. The topological polar surface area (TPSA) is 66.6 Å². The average Bonchev–Trinajstić information content (AvgIpc) is 2.81. The summed E-state index contributed by atoms with van der Waals surface area (Å²) in [5.41, 5.74) is 8.33. The molecular formula is C15H13FN2O2. The number of phenols is 1. The lowest BCUT2D eigenvalue weighted by Gasteiger charge is -2.15. The molecule has 0 spiro atoms. The number of aromatic hydroxyl groups is 1. The van der Waals surface area contributed by atoms with E-state index in [1.807, 2.05) is 12.1 Å². The van der Waals surface area contributed by atoms with Crippen LogP contribution in [0.15, 0.2) is 36.4 Å². The number of nitrogens with zero attached hydrogens (tertiary/aromatic N) is 1. The van der Waals surface area contributed by atoms with E-state index in [9.17, 15) is 14.3 Å². The van der Waals surface area contributed by atoms with E-state index in [2.05, 4.69) is 0 Å². The number of nitrogens with two attached hydrogens (primary N) is 1. The Labute approximate surface area is 115 Å². The van der Waals surface area contributed by atoms with Gasteiger partial charge in [-0.15, -0.1) is 0 Å². The quantitative estimate of drug-likeness (QED) is 0.783. The fourth-order valence-electron chi connectivity index (χ4n) is 2.41. The molecule has 1 heterocycles. The Morgan fingerprint density at radius 1 is 1.15 bits per heavy atom. The summed E-state index contributed by atoms with van der Waals surface area (Å²) in [6, 6.07) is 9.03. The second-order valence-corrected chi connectivity index (χ2v) is 4.85. The maximum absolute atomic E-state index is 13.7. The van der Waals surface area contributed by atoms with Crippen LogP contribution in [0.4, 0.5) is 10.1 Å². The van der Waals surface area contributed by atoms with Gasteiger partial charge in [-0.1, -0.05) is 6.07 Å². The van der Waals surface area contributed by atoms with Crippen LogP contribution >= 0.6 is 0 Å². The first-order chi connectivity index (χ1) is 9.54. The minimum atomic E-state index is -0.717. The molecule has 0 bridgehead atoms. The number of benzene rings is 2. The third-order valence-corrected chi connectivity index (χ3v) is 3.42. The molecule has 0 saturated carbocycles. The zero-order valence-electron chi connectivity index (χ0n) is 10.6. The van der Waals surface area contributed by atoms with Gasteiger partial charge in [-0.2, -0.15) is 0 Å². The van der Waals surface area contributed by atoms with Crippen LogP contribution in [0.5, 0.6) is 5.75 Å². The molecule has 0 fully saturated rings. The van der Waals surface area contributed by atoms with Crippen LogP contribution in [0.1, 0.15) is 21.5 Å². The zero-order chi connectivity index (χ0) is 14.3. The molecule has 1 aliphatic heterocycles. The molecule has 1 aliphatic rings. The minimum Gasteiger partial charge on any atom is -0.508 e. The fourth-order valence-corrected chi connectivity index (χ4v) is 2.41. The van der Waals surface area contributed by atoms with E-state index in [0.29, 0.717) is 18.8 Å². The van der Waals surface area contributed by atoms with Crippen molar-refractivity contribution in [3.05, 3.63) is 58.9 Å². The molecule has 102 valence electrons. The summed E-state index contributed by atoms with van der Waals surface area (Å²) in [5, 5.41) is 9.18. The number of hydrogen-bond acceptors (Lipinski definition) is 3. The lowest BCUT2D eigenvalue weighted by atomic mass is 10.1. The number of hydrogen-bond donors (Lipinski definition) is 2. The number of fused-ring (bicyclic) bond motifs is 1. The summed E-state index contributed by atoms with van der Waals surface area (Å²) in [5.74, 6) is -1.31. The number of carbonyl (C=O) groups is 1. The maximum Gasteiger partial charge on any atom is 0.257 e. The molecule has 0 aromatic heterocycles. The van der Waals surface area contributed by atoms with Gasteiger partial charge in [-0.05, 0) is 35.4 Å². The molecule has 0 saturated heterocycles. The van der Waals surface area contributed by atoms with Crippen LogP contribution in [-0.4, -0.2) is 15.9 Å². The molecule has 2 aromatic carbocycles. The highest BCUT2D eigenvalue weighted by Crippen LogP contribution is 2.27. The van der Waals surface area contributed by atoms with Gasteiger partial charge in [0.1, 0.15) is 11.6 Å². The van der Waals surface area contributed by atoms with Crippen molar-refractivity contribution in [2.45, 2.75) is 13.1 Å². The smallest absolute Gasteiger partial charge is 0.257 e. The number of nitrogen functional groups attached to an aromatic ring is 1. The van der Waals surface area contributed by atoms with E-state index in [0.717, 1.165) is 17.2 Å². The lowest BCUT2D eigenvalue weighted by Crippen LogP contribution is -2.26. The van der Waals surface area contributed by atoms with Gasteiger partial charge in [0.25, 0.3) is 5.91 Å². The predicted octanol–water partition coefficient (Wildman–Crippen LogP) is 2.27. The normalized spacial score (nSPS) is 13.3. The Kier molecular flexibility index (Phi) is 2.82. The van der Waals surface area contributed by atoms with Gasteiger partial charge in [-0.3, -0.25) is 4.79 Å². The summed E-state index contributed by atoms with van der Waals surface area (Å²) in [6.45, 7) is 0.855. The molecule has 3 rings (SSSR count). The molecule has 3 N–H and O–H groups in total. The highest BCUT2D eigenvalue weighted by Gasteiger charge is 2.26. The standard InChI is InChI=1S/C15H13FN2O2/c16-14-6-12(19)3-4-13(14)15(20)18-7-9-1-2-11(17)5-10(9)8-18/h1-6,19H,7-8,17H2. The maximum atomic E-state index is 13.7. The monoisotopic (exact) mass is 272 g/mol. The molecule has 20 heavy (non-hydrogen) atoms. The van der Waals surface area contributed by atoms with E-state index in [1.54, 1.807) is 11.0 Å². The molecule has 0 unspecified atom stereocenters. The number of rotatable bonds is 1. The van der Waals surface area contributed by atoms with Crippen molar-refractivity contribution >= 4 is 11.6 Å². The van der Waals surface area contributed by atoms with Gasteiger partial charge < -0.3 is 15.7 Å². The predicted molar refractivity (Wildman–Crippen MR) is 72.5 cm³/mol. The summed E-state index contributed by atoms with van der Waals surface area (Å²) >= 11 is 0. The second-order valence-electron chi connectivity index (χ2n) is 4.85. The lowest BCUT2D eigenvalue weighted by molar-refractivity contribution is 0.0746. The summed E-state index contributed by atoms with van der Waals surface area (Å²) < 4.78 is 13.7. The average molecular weight is 272 g/mol. The van der Waals surface area contributed by atoms with Crippen LogP contribution in [-0.2, 0) is 13.1 Å². The number of halogens is 1. The van der Waals surface area contributed by atoms with Crippen LogP contribution in [0.25, 0.3) is 0 Å². The van der Waals surface area contributed by atoms with Crippen molar-refractivity contribution in [1.82, 2.24) is 4.90 Å². The number of carbonyl (C=O) groups excluding carboxylic acids is 1. The van der Waals surface area contributed by atoms with Crippen molar-refractivity contribution in [1.29, 1.82) is 0 Å². The van der Waals surface area contributed by atoms with E-state index < -0.39 is 11.7 Å². The molecule has 0 aliphatic carbocycles. The van der Waals surface area contributed by atoms with Gasteiger partial charge >= 0.3 is 0 Å². The largest absolute Gasteiger partial charge is 0.508 e. The highest BCUT2D eigenvalue weighted by atomic mass is 19.1. The van der Waals surface area contributed by atoms with Crippen molar-refractivity contribution < 1.29 is 14.3 Å². The van der Waals surface area contributed by atoms with E-state index >= 15 is 0 Å². The first-order valence-electron chi connectivity index (χ1n) is 6.19. The van der Waals surface area contributed by atoms with Crippen LogP contribution < -0.4 is 5.73 Å². The molecule has 1 amide bonds. The Morgan fingerprint density at radius 2 is 1.90 bits per heavy atom. The first kappa shape index (κ1) is 12.5. The van der Waals surface area contributed by atoms with E-state index in [-0.39, 0.29) is 11.3 Å². The third kappa shape index (κ3) is 2.07. The van der Waals surface area contributed by atoms with Crippen molar-refractivity contribution in [3.63, 3.8) is 0 Å². The van der Waals surface area contributed by atoms with E-state index in [4.69, 9.17) is 5.73 Å². The Balaban J connectivity index is 1.87. The first-order valence-corrected chi connectivity index (χ1v) is 6.19. The SMILES string of the molecule is Nc1ccc2c(c1)CN(C(=O)c1ccc(O)cc1F)C2. The van der Waals surface area contributed by atoms with Crippen LogP contribution in [0.2, 0.25) is 0 Å². The second kappa shape index (κ2) is 4.52. The number of amides is 1. The Morgan fingerprint density at radius 3 is 2.65 bits per heavy atom. The summed E-state index contributed by atoms with van der Waals surface area (Å²) in [7, 11) is 0. The molecule has 2 aromatic rings. The van der Waals surface area contributed by atoms with Crippen molar-refractivity contribution in [2.24, 2.45) is 0 Å². The van der Waals surface area contributed by atoms with Crippen LogP contribution in [0.3, 0.4) is 0 Å². The molecular weight excluding hydrogens is 259 g/mol.